The summed E-state index contributed by atoms with van der Waals surface area (Å²) in [6, 6.07) is 9.96. The van der Waals surface area contributed by atoms with Crippen molar-refractivity contribution in [2.75, 3.05) is 25.0 Å². The van der Waals surface area contributed by atoms with Crippen molar-refractivity contribution in [2.45, 2.75) is 103 Å². The molecular formula is C39H59N9O10. The predicted octanol–water partition coefficient (Wildman–Crippen LogP) is -1.48. The number of nitrogens with zero attached hydrogens (tertiary/aromatic N) is 2. The number of anilines is 1. The number of carbonyl (C=O) groups excluding carboxylic acids is 5. The Kier molecular flexibility index (Phi) is 17.8. The summed E-state index contributed by atoms with van der Waals surface area (Å²) >= 11 is 0. The average Bonchev–Trinajstić information content (AvgIpc) is 3.52. The minimum absolute atomic E-state index is 0.122. The first-order valence-electron chi connectivity index (χ1n) is 19.3. The first-order chi connectivity index (χ1) is 27.4. The molecule has 0 saturated heterocycles. The standard InChI is InChI=1S/C39H59N9O10/c1-6-21(5)31(47-38(58)34(54)33(53)32(52)28(50)19-49)37(57)46-30(20(3)4)36(56)43-18-29(51)45-25(12-10-16-42-39(40)41)35(55)44-22-14-15-27-24(17-22)23-11-8-9-13-26(23)48(27)7-2/h8-9,11,13-15,17,20-21,25,28,30-34,49-50,52-54H,6-7,10,12,16,18-19H2,1-5H3,(H,43,56)(H,44,55)(H,45,51)(H,46,57)(H,47,58)(H4,40,41,42)/t21-,25-,28+,30-,31-,32+,33-,34+/m0/s1. The highest BCUT2D eigenvalue weighted by molar-refractivity contribution is 6.10. The maximum atomic E-state index is 13.6. The molecule has 0 aliphatic carbocycles. The summed E-state index contributed by atoms with van der Waals surface area (Å²) in [7, 11) is 0. The molecule has 3 aromatic rings. The number of rotatable bonds is 22. The minimum Gasteiger partial charge on any atom is -0.394 e. The number of amides is 5. The van der Waals surface area contributed by atoms with Crippen LogP contribution in [-0.2, 0) is 30.5 Å². The van der Waals surface area contributed by atoms with Gasteiger partial charge in [0.05, 0.1) is 13.2 Å². The maximum absolute atomic E-state index is 13.6. The summed E-state index contributed by atoms with van der Waals surface area (Å²) in [5, 5.41) is 63.9. The van der Waals surface area contributed by atoms with E-state index in [1.54, 1.807) is 33.8 Å². The zero-order valence-electron chi connectivity index (χ0n) is 33.5. The molecule has 0 spiro atoms. The molecule has 5 amide bonds. The van der Waals surface area contributed by atoms with Crippen LogP contribution in [0, 0.1) is 11.8 Å². The molecule has 320 valence electrons. The van der Waals surface area contributed by atoms with E-state index in [0.717, 1.165) is 28.4 Å². The lowest BCUT2D eigenvalue weighted by atomic mass is 9.95. The molecule has 0 unspecified atom stereocenters. The maximum Gasteiger partial charge on any atom is 0.252 e. The molecule has 1 heterocycles. The van der Waals surface area contributed by atoms with Gasteiger partial charge < -0.3 is 68.2 Å². The van der Waals surface area contributed by atoms with Crippen LogP contribution in [0.2, 0.25) is 0 Å². The summed E-state index contributed by atoms with van der Waals surface area (Å²) < 4.78 is 2.18. The van der Waals surface area contributed by atoms with Crippen molar-refractivity contribution in [3.8, 4) is 0 Å². The van der Waals surface area contributed by atoms with E-state index in [4.69, 9.17) is 16.6 Å². The summed E-state index contributed by atoms with van der Waals surface area (Å²) in [5.41, 5.74) is 13.5. The Balaban J connectivity index is 1.70. The average molecular weight is 814 g/mol. The van der Waals surface area contributed by atoms with Crippen molar-refractivity contribution in [1.82, 2.24) is 25.8 Å². The molecule has 0 aliphatic rings. The lowest BCUT2D eigenvalue weighted by molar-refractivity contribution is -0.151. The summed E-state index contributed by atoms with van der Waals surface area (Å²) in [6.07, 6.45) is -7.55. The second-order valence-electron chi connectivity index (χ2n) is 14.5. The van der Waals surface area contributed by atoms with Gasteiger partial charge in [-0.3, -0.25) is 29.0 Å². The van der Waals surface area contributed by atoms with Crippen LogP contribution in [0.15, 0.2) is 47.5 Å². The molecule has 14 N–H and O–H groups in total. The molecule has 1 aromatic heterocycles. The van der Waals surface area contributed by atoms with E-state index in [1.807, 2.05) is 36.4 Å². The van der Waals surface area contributed by atoms with Gasteiger partial charge in [-0.2, -0.15) is 0 Å². The first kappa shape index (κ1) is 47.0. The fourth-order valence-electron chi connectivity index (χ4n) is 6.39. The summed E-state index contributed by atoms with van der Waals surface area (Å²) in [4.78, 5) is 70.4. The lowest BCUT2D eigenvalue weighted by Gasteiger charge is -2.30. The number of hydrogen-bond donors (Lipinski definition) is 12. The largest absolute Gasteiger partial charge is 0.394 e. The van der Waals surface area contributed by atoms with E-state index in [9.17, 15) is 44.4 Å². The van der Waals surface area contributed by atoms with Crippen LogP contribution in [0.1, 0.15) is 53.9 Å². The highest BCUT2D eigenvalue weighted by Gasteiger charge is 2.38. The van der Waals surface area contributed by atoms with Crippen LogP contribution in [0.3, 0.4) is 0 Å². The molecule has 0 saturated carbocycles. The van der Waals surface area contributed by atoms with E-state index < -0.39 is 97.1 Å². The number of aliphatic imine (C=N–C) groups is 1. The number of hydrogen-bond acceptors (Lipinski definition) is 11. The normalized spacial score (nSPS) is 15.6. The third kappa shape index (κ3) is 12.3. The summed E-state index contributed by atoms with van der Waals surface area (Å²) in [5.74, 6) is -5.19. The molecule has 3 rings (SSSR count). The number of aliphatic hydroxyl groups is 5. The number of aryl methyl sites for hydroxylation is 1. The molecule has 58 heavy (non-hydrogen) atoms. The number of aliphatic hydroxyl groups excluding tert-OH is 5. The third-order valence-corrected chi connectivity index (χ3v) is 9.94. The third-order valence-electron chi connectivity index (χ3n) is 9.94. The van der Waals surface area contributed by atoms with Gasteiger partial charge in [0.2, 0.25) is 23.6 Å². The highest BCUT2D eigenvalue weighted by Crippen LogP contribution is 2.31. The fraction of sp³-hybridized carbons (Fsp3) is 0.538. The van der Waals surface area contributed by atoms with Crippen LogP contribution in [0.5, 0.6) is 0 Å². The van der Waals surface area contributed by atoms with Crippen LogP contribution >= 0.6 is 0 Å². The number of para-hydroxylation sites is 1. The Morgan fingerprint density at radius 3 is 2.07 bits per heavy atom. The molecule has 19 nitrogen and oxygen atoms in total. The van der Waals surface area contributed by atoms with E-state index >= 15 is 0 Å². The highest BCUT2D eigenvalue weighted by atomic mass is 16.4. The van der Waals surface area contributed by atoms with Crippen LogP contribution in [-0.4, -0.2) is 128 Å². The van der Waals surface area contributed by atoms with Gasteiger partial charge in [-0.05, 0) is 55.9 Å². The van der Waals surface area contributed by atoms with Gasteiger partial charge in [-0.25, -0.2) is 0 Å². The molecule has 2 aromatic carbocycles. The molecule has 0 bridgehead atoms. The van der Waals surface area contributed by atoms with E-state index in [0.29, 0.717) is 18.5 Å². The molecule has 0 fully saturated rings. The van der Waals surface area contributed by atoms with Crippen LogP contribution < -0.4 is 38.1 Å². The van der Waals surface area contributed by atoms with Crippen molar-refractivity contribution in [2.24, 2.45) is 28.3 Å². The Bertz CT molecular complexity index is 1910. The Labute approximate surface area is 336 Å². The number of aromatic nitrogens is 1. The number of nitrogens with one attached hydrogen (secondary N) is 5. The van der Waals surface area contributed by atoms with Gasteiger partial charge in [0, 0.05) is 40.6 Å². The quantitative estimate of drug-likeness (QED) is 0.0314. The summed E-state index contributed by atoms with van der Waals surface area (Å²) in [6.45, 7) is 8.13. The number of carbonyl (C=O) groups is 5. The zero-order valence-corrected chi connectivity index (χ0v) is 33.5. The van der Waals surface area contributed by atoms with E-state index in [-0.39, 0.29) is 18.9 Å². The van der Waals surface area contributed by atoms with Gasteiger partial charge in [-0.15, -0.1) is 0 Å². The van der Waals surface area contributed by atoms with Crippen molar-refractivity contribution < 1.29 is 49.5 Å². The second kappa shape index (κ2) is 22.0. The van der Waals surface area contributed by atoms with Gasteiger partial charge >= 0.3 is 0 Å². The van der Waals surface area contributed by atoms with Gasteiger partial charge in [0.25, 0.3) is 5.91 Å². The predicted molar refractivity (Wildman–Crippen MR) is 218 cm³/mol. The van der Waals surface area contributed by atoms with Crippen LogP contribution in [0.25, 0.3) is 21.8 Å². The van der Waals surface area contributed by atoms with Crippen molar-refractivity contribution in [1.29, 1.82) is 0 Å². The van der Waals surface area contributed by atoms with Crippen molar-refractivity contribution >= 4 is 63.0 Å². The topological polar surface area (TPSA) is 316 Å². The van der Waals surface area contributed by atoms with Gasteiger partial charge in [-0.1, -0.05) is 52.3 Å². The number of benzene rings is 2. The number of nitrogens with two attached hydrogens (primary N) is 2. The fourth-order valence-corrected chi connectivity index (χ4v) is 6.39. The van der Waals surface area contributed by atoms with Gasteiger partial charge in [0.1, 0.15) is 36.4 Å². The Hall–Kier alpha value is -5.34. The van der Waals surface area contributed by atoms with Crippen LogP contribution in [0.4, 0.5) is 5.69 Å². The van der Waals surface area contributed by atoms with Crippen molar-refractivity contribution in [3.05, 3.63) is 42.5 Å². The van der Waals surface area contributed by atoms with Crippen molar-refractivity contribution in [3.63, 3.8) is 0 Å². The van der Waals surface area contributed by atoms with E-state index in [2.05, 4.69) is 43.1 Å². The smallest absolute Gasteiger partial charge is 0.252 e. The second-order valence-corrected chi connectivity index (χ2v) is 14.5. The molecule has 19 heteroatoms. The molecular weight excluding hydrogens is 754 g/mol. The first-order valence-corrected chi connectivity index (χ1v) is 19.3. The SMILES string of the molecule is CC[C@H](C)[C@H](NC(=O)[C@H](O)[C@@H](O)[C@H](O)[C@H](O)CO)C(=O)N[C@H](C(=O)NCC(=O)N[C@@H](CCCN=C(N)N)C(=O)Nc1ccc2c(c1)c1ccccc1n2CC)C(C)C. The molecule has 0 radical (unpaired) electrons. The Morgan fingerprint density at radius 1 is 0.793 bits per heavy atom. The Morgan fingerprint density at radius 2 is 1.45 bits per heavy atom. The number of guanidine groups is 1. The minimum atomic E-state index is -2.28. The number of fused-ring (bicyclic) bond motifs is 3. The molecule has 0 aliphatic heterocycles. The zero-order chi connectivity index (χ0) is 43.3. The monoisotopic (exact) mass is 813 g/mol. The van der Waals surface area contributed by atoms with E-state index in [1.165, 1.54) is 0 Å². The molecule has 8 atom stereocenters. The van der Waals surface area contributed by atoms with Gasteiger partial charge in [0.15, 0.2) is 12.1 Å². The lowest BCUT2D eigenvalue weighted by Crippen LogP contribution is -2.60.